The molecular formula is C20H26N2O3. The molecule has 0 unspecified atom stereocenters. The fraction of sp³-hybridized carbons (Fsp3) is 0.350. The molecule has 1 atom stereocenters. The van der Waals surface area contributed by atoms with Crippen molar-refractivity contribution in [2.75, 3.05) is 26.7 Å². The number of benzene rings is 2. The van der Waals surface area contributed by atoms with Crippen molar-refractivity contribution in [3.05, 3.63) is 71.8 Å². The summed E-state index contributed by atoms with van der Waals surface area (Å²) in [5.74, 6) is 0. The van der Waals surface area contributed by atoms with Gasteiger partial charge in [0, 0.05) is 13.6 Å². The van der Waals surface area contributed by atoms with Crippen molar-refractivity contribution in [1.82, 2.24) is 10.2 Å². The standard InChI is InChI=1S/C20H26N2O3/c1-22(20(24)21-13-12-17-8-4-2-5-9-17)14-19(23)16-25-15-18-10-6-3-7-11-18/h2-11,19,23H,12-16H2,1H3,(H,21,24)/t19-/m1/s1. The molecule has 0 heterocycles. The van der Waals surface area contributed by atoms with E-state index in [0.29, 0.717) is 13.2 Å². The third-order valence-electron chi connectivity index (χ3n) is 3.79. The summed E-state index contributed by atoms with van der Waals surface area (Å²) in [6, 6.07) is 19.6. The van der Waals surface area contributed by atoms with Gasteiger partial charge in [0.25, 0.3) is 0 Å². The van der Waals surface area contributed by atoms with Crippen molar-refractivity contribution < 1.29 is 14.6 Å². The first-order valence-corrected chi connectivity index (χ1v) is 8.48. The van der Waals surface area contributed by atoms with E-state index in [4.69, 9.17) is 4.74 Å². The number of hydrogen-bond acceptors (Lipinski definition) is 3. The Bertz CT molecular complexity index is 619. The molecule has 25 heavy (non-hydrogen) atoms. The van der Waals surface area contributed by atoms with Crippen LogP contribution < -0.4 is 5.32 Å². The minimum absolute atomic E-state index is 0.191. The third kappa shape index (κ3) is 7.37. The highest BCUT2D eigenvalue weighted by Crippen LogP contribution is 2.02. The monoisotopic (exact) mass is 342 g/mol. The van der Waals surface area contributed by atoms with E-state index in [-0.39, 0.29) is 19.2 Å². The Labute approximate surface area is 149 Å². The number of aliphatic hydroxyl groups is 1. The third-order valence-corrected chi connectivity index (χ3v) is 3.79. The average molecular weight is 342 g/mol. The lowest BCUT2D eigenvalue weighted by Gasteiger charge is -2.21. The summed E-state index contributed by atoms with van der Waals surface area (Å²) < 4.78 is 5.49. The van der Waals surface area contributed by atoms with E-state index in [1.165, 1.54) is 10.5 Å². The maximum atomic E-state index is 12.0. The van der Waals surface area contributed by atoms with Gasteiger partial charge in [0.2, 0.25) is 0 Å². The number of rotatable bonds is 9. The van der Waals surface area contributed by atoms with Crippen molar-refractivity contribution in [1.29, 1.82) is 0 Å². The van der Waals surface area contributed by atoms with Crippen molar-refractivity contribution in [2.24, 2.45) is 0 Å². The Hall–Kier alpha value is -2.37. The van der Waals surface area contributed by atoms with Gasteiger partial charge in [0.05, 0.1) is 25.9 Å². The number of likely N-dealkylation sites (N-methyl/N-ethyl adjacent to an activating group) is 1. The highest BCUT2D eigenvalue weighted by atomic mass is 16.5. The molecule has 0 aliphatic rings. The Balaban J connectivity index is 1.60. The topological polar surface area (TPSA) is 61.8 Å². The molecule has 2 aromatic rings. The van der Waals surface area contributed by atoms with Gasteiger partial charge in [0.15, 0.2) is 0 Å². The van der Waals surface area contributed by atoms with Crippen molar-refractivity contribution in [2.45, 2.75) is 19.1 Å². The summed E-state index contributed by atoms with van der Waals surface area (Å²) in [7, 11) is 1.66. The number of carbonyl (C=O) groups excluding carboxylic acids is 1. The van der Waals surface area contributed by atoms with E-state index in [1.807, 2.05) is 60.7 Å². The predicted molar refractivity (Wildman–Crippen MR) is 98.3 cm³/mol. The molecule has 0 saturated heterocycles. The number of nitrogens with zero attached hydrogens (tertiary/aromatic N) is 1. The number of urea groups is 1. The van der Waals surface area contributed by atoms with Crippen LogP contribution in [0.1, 0.15) is 11.1 Å². The zero-order valence-corrected chi connectivity index (χ0v) is 14.6. The van der Waals surface area contributed by atoms with Crippen LogP contribution in [0.4, 0.5) is 4.79 Å². The molecule has 5 heteroatoms. The van der Waals surface area contributed by atoms with E-state index in [0.717, 1.165) is 12.0 Å². The molecule has 0 aliphatic heterocycles. The van der Waals surface area contributed by atoms with E-state index >= 15 is 0 Å². The fourth-order valence-electron chi connectivity index (χ4n) is 2.43. The van der Waals surface area contributed by atoms with E-state index < -0.39 is 6.10 Å². The van der Waals surface area contributed by atoms with Crippen LogP contribution in [-0.4, -0.2) is 48.9 Å². The molecule has 0 radical (unpaired) electrons. The molecule has 5 nitrogen and oxygen atoms in total. The van der Waals surface area contributed by atoms with Crippen LogP contribution in [0.2, 0.25) is 0 Å². The van der Waals surface area contributed by atoms with Gasteiger partial charge in [0.1, 0.15) is 0 Å². The van der Waals surface area contributed by atoms with Gasteiger partial charge in [-0.25, -0.2) is 4.79 Å². The first-order chi connectivity index (χ1) is 12.1. The number of nitrogens with one attached hydrogen (secondary N) is 1. The van der Waals surface area contributed by atoms with Gasteiger partial charge in [-0.2, -0.15) is 0 Å². The summed E-state index contributed by atoms with van der Waals surface area (Å²) in [5.41, 5.74) is 2.24. The maximum absolute atomic E-state index is 12.0. The Morgan fingerprint density at radius 3 is 2.32 bits per heavy atom. The minimum Gasteiger partial charge on any atom is -0.389 e. The summed E-state index contributed by atoms with van der Waals surface area (Å²) in [4.78, 5) is 13.5. The summed E-state index contributed by atoms with van der Waals surface area (Å²) in [5, 5.41) is 12.9. The lowest BCUT2D eigenvalue weighted by molar-refractivity contribution is 0.0181. The van der Waals surface area contributed by atoms with Crippen LogP contribution in [0, 0.1) is 0 Å². The highest BCUT2D eigenvalue weighted by Gasteiger charge is 2.13. The van der Waals surface area contributed by atoms with Gasteiger partial charge >= 0.3 is 6.03 Å². The first-order valence-electron chi connectivity index (χ1n) is 8.48. The molecule has 2 N–H and O–H groups in total. The molecule has 2 aromatic carbocycles. The molecule has 0 aromatic heterocycles. The van der Waals surface area contributed by atoms with Crippen LogP contribution in [0.25, 0.3) is 0 Å². The second kappa shape index (κ2) is 10.5. The number of amides is 2. The van der Waals surface area contributed by atoms with Crippen LogP contribution in [0.15, 0.2) is 60.7 Å². The number of aliphatic hydroxyl groups excluding tert-OH is 1. The van der Waals surface area contributed by atoms with E-state index in [9.17, 15) is 9.90 Å². The summed E-state index contributed by atoms with van der Waals surface area (Å²) in [6.07, 6.45) is 0.0666. The number of carbonyl (C=O) groups is 1. The SMILES string of the molecule is CN(C[C@@H](O)COCc1ccccc1)C(=O)NCCc1ccccc1. The van der Waals surface area contributed by atoms with E-state index in [1.54, 1.807) is 7.05 Å². The van der Waals surface area contributed by atoms with Crippen LogP contribution in [0.5, 0.6) is 0 Å². The average Bonchev–Trinajstić information content (AvgIpc) is 2.63. The van der Waals surface area contributed by atoms with Crippen molar-refractivity contribution in [3.63, 3.8) is 0 Å². The molecule has 0 spiro atoms. The van der Waals surface area contributed by atoms with E-state index in [2.05, 4.69) is 5.32 Å². The zero-order chi connectivity index (χ0) is 17.9. The van der Waals surface area contributed by atoms with Gasteiger partial charge in [-0.1, -0.05) is 60.7 Å². The van der Waals surface area contributed by atoms with Gasteiger partial charge in [-0.15, -0.1) is 0 Å². The normalized spacial score (nSPS) is 11.8. The molecule has 0 fully saturated rings. The molecule has 0 aliphatic carbocycles. The minimum atomic E-state index is -0.714. The number of ether oxygens (including phenoxy) is 1. The fourth-order valence-corrected chi connectivity index (χ4v) is 2.43. The van der Waals surface area contributed by atoms with Crippen molar-refractivity contribution in [3.8, 4) is 0 Å². The Morgan fingerprint density at radius 1 is 1.08 bits per heavy atom. The summed E-state index contributed by atoms with van der Waals surface area (Å²) >= 11 is 0. The molecule has 2 rings (SSSR count). The summed E-state index contributed by atoms with van der Waals surface area (Å²) in [6.45, 7) is 1.43. The van der Waals surface area contributed by atoms with Crippen LogP contribution >= 0.6 is 0 Å². The largest absolute Gasteiger partial charge is 0.389 e. The quantitative estimate of drug-likeness (QED) is 0.736. The lowest BCUT2D eigenvalue weighted by Crippen LogP contribution is -2.42. The molecular weight excluding hydrogens is 316 g/mol. The molecule has 0 saturated carbocycles. The molecule has 0 bridgehead atoms. The van der Waals surface area contributed by atoms with Gasteiger partial charge in [-0.05, 0) is 17.5 Å². The Kier molecular flexibility index (Phi) is 7.95. The first kappa shape index (κ1) is 19.0. The smallest absolute Gasteiger partial charge is 0.317 e. The van der Waals surface area contributed by atoms with Crippen LogP contribution in [0.3, 0.4) is 0 Å². The maximum Gasteiger partial charge on any atom is 0.317 e. The second-order valence-corrected chi connectivity index (χ2v) is 6.00. The van der Waals surface area contributed by atoms with Crippen molar-refractivity contribution >= 4 is 6.03 Å². The second-order valence-electron chi connectivity index (χ2n) is 6.00. The molecule has 2 amide bonds. The van der Waals surface area contributed by atoms with Gasteiger partial charge in [-0.3, -0.25) is 0 Å². The predicted octanol–water partition coefficient (Wildman–Crippen LogP) is 2.45. The number of hydrogen-bond donors (Lipinski definition) is 2. The van der Waals surface area contributed by atoms with Gasteiger partial charge < -0.3 is 20.1 Å². The van der Waals surface area contributed by atoms with Crippen LogP contribution in [-0.2, 0) is 17.8 Å². The lowest BCUT2D eigenvalue weighted by atomic mass is 10.1. The zero-order valence-electron chi connectivity index (χ0n) is 14.6. The highest BCUT2D eigenvalue weighted by molar-refractivity contribution is 5.73. The molecule has 134 valence electrons. The Morgan fingerprint density at radius 2 is 1.68 bits per heavy atom.